The zero-order valence-corrected chi connectivity index (χ0v) is 8.63. The zero-order chi connectivity index (χ0) is 11.1. The normalized spacial score (nSPS) is 43.1. The number of hydrogen-bond donors (Lipinski definition) is 2. The van der Waals surface area contributed by atoms with Crippen LogP contribution in [0.1, 0.15) is 12.8 Å². The molecule has 1 spiro atoms. The zero-order valence-electron chi connectivity index (χ0n) is 8.63. The lowest BCUT2D eigenvalue weighted by atomic mass is 9.85. The summed E-state index contributed by atoms with van der Waals surface area (Å²) in [5.74, 6) is 0. The Morgan fingerprint density at radius 1 is 1.53 bits per heavy atom. The first-order valence-corrected chi connectivity index (χ1v) is 5.02. The molecule has 84 valence electrons. The van der Waals surface area contributed by atoms with Gasteiger partial charge in [0.1, 0.15) is 6.10 Å². The van der Waals surface area contributed by atoms with E-state index in [9.17, 15) is 10.2 Å². The van der Waals surface area contributed by atoms with Crippen molar-refractivity contribution in [2.24, 2.45) is 5.41 Å². The Kier molecular flexibility index (Phi) is 3.05. The number of hydrogen-bond acceptors (Lipinski definition) is 5. The van der Waals surface area contributed by atoms with Gasteiger partial charge in [-0.1, -0.05) is 0 Å². The first-order chi connectivity index (χ1) is 7.19. The molecular weight excluding hydrogens is 199 g/mol. The van der Waals surface area contributed by atoms with Crippen LogP contribution < -0.4 is 0 Å². The van der Waals surface area contributed by atoms with Crippen LogP contribution in [0.25, 0.3) is 0 Å². The van der Waals surface area contributed by atoms with Crippen molar-refractivity contribution in [2.45, 2.75) is 37.4 Å². The van der Waals surface area contributed by atoms with Gasteiger partial charge < -0.3 is 24.3 Å². The van der Waals surface area contributed by atoms with Crippen molar-refractivity contribution >= 4 is 8.05 Å². The van der Waals surface area contributed by atoms with E-state index < -0.39 is 18.5 Å². The van der Waals surface area contributed by atoms with Gasteiger partial charge in [0.2, 0.25) is 0 Å². The molecule has 0 aromatic carbocycles. The molecule has 1 aliphatic heterocycles. The maximum Gasteiger partial charge on any atom is 0.283 e. The summed E-state index contributed by atoms with van der Waals surface area (Å²) in [6.07, 6.45) is -0.929. The maximum absolute atomic E-state index is 9.88. The second-order valence-electron chi connectivity index (χ2n) is 4.19. The van der Waals surface area contributed by atoms with Crippen molar-refractivity contribution in [2.75, 3.05) is 13.7 Å². The predicted octanol–water partition coefficient (Wildman–Crippen LogP) is -1.04. The van der Waals surface area contributed by atoms with Gasteiger partial charge in [0.25, 0.3) is 8.05 Å². The van der Waals surface area contributed by atoms with Gasteiger partial charge in [0.05, 0.1) is 18.8 Å². The molecule has 0 bridgehead atoms. The smallest absolute Gasteiger partial charge is 0.283 e. The van der Waals surface area contributed by atoms with Gasteiger partial charge >= 0.3 is 0 Å². The van der Waals surface area contributed by atoms with Crippen LogP contribution in [0, 0.1) is 5.41 Å². The van der Waals surface area contributed by atoms with Gasteiger partial charge in [-0.25, -0.2) is 0 Å². The van der Waals surface area contributed by atoms with Gasteiger partial charge in [-0.05, 0) is 12.8 Å². The fraction of sp³-hybridized carbons (Fsp3) is 1.00. The maximum atomic E-state index is 9.88. The van der Waals surface area contributed by atoms with Crippen LogP contribution >= 0.6 is 0 Å². The lowest BCUT2D eigenvalue weighted by Crippen LogP contribution is -2.58. The van der Waals surface area contributed by atoms with Crippen molar-refractivity contribution in [3.8, 4) is 0 Å². The first kappa shape index (κ1) is 11.4. The van der Waals surface area contributed by atoms with E-state index in [-0.39, 0.29) is 18.1 Å². The summed E-state index contributed by atoms with van der Waals surface area (Å²) in [5.41, 5.74) is -0.335. The molecule has 2 rings (SSSR count). The summed E-state index contributed by atoms with van der Waals surface area (Å²) >= 11 is 0. The fourth-order valence-electron chi connectivity index (χ4n) is 2.43. The molecule has 1 heterocycles. The second-order valence-corrected chi connectivity index (χ2v) is 4.19. The average molecular weight is 214 g/mol. The first-order valence-electron chi connectivity index (χ1n) is 5.02. The number of ether oxygens (including phenoxy) is 2. The van der Waals surface area contributed by atoms with Crippen LogP contribution in [-0.4, -0.2) is 56.6 Å². The number of aliphatic hydroxyl groups is 2. The summed E-state index contributed by atoms with van der Waals surface area (Å²) in [6.45, 7) is -0.119. The molecule has 1 saturated heterocycles. The topological polar surface area (TPSA) is 68.2 Å². The third-order valence-electron chi connectivity index (χ3n) is 3.47. The van der Waals surface area contributed by atoms with E-state index in [4.69, 9.17) is 22.2 Å². The monoisotopic (exact) mass is 214 g/mol. The average Bonchev–Trinajstić information content (AvgIpc) is 3.01. The van der Waals surface area contributed by atoms with Gasteiger partial charge in [0.15, 0.2) is 6.29 Å². The van der Waals surface area contributed by atoms with Crippen LogP contribution in [-0.2, 0) is 14.1 Å². The van der Waals surface area contributed by atoms with Crippen LogP contribution in [0.4, 0.5) is 0 Å². The fourth-order valence-corrected chi connectivity index (χ4v) is 2.43. The molecule has 2 aliphatic rings. The quantitative estimate of drug-likeness (QED) is 0.587. The van der Waals surface area contributed by atoms with Crippen LogP contribution in [0.3, 0.4) is 0 Å². The van der Waals surface area contributed by atoms with Crippen LogP contribution in [0.5, 0.6) is 0 Å². The Morgan fingerprint density at radius 2 is 2.20 bits per heavy atom. The highest BCUT2D eigenvalue weighted by molar-refractivity contribution is 5.98. The SMILES string of the molecule is [B]OC1C(O)C(OC)OC(CO)C12CC2. The predicted molar refractivity (Wildman–Crippen MR) is 51.1 cm³/mol. The summed E-state index contributed by atoms with van der Waals surface area (Å²) in [4.78, 5) is 0. The molecule has 2 fully saturated rings. The highest BCUT2D eigenvalue weighted by Gasteiger charge is 2.62. The summed E-state index contributed by atoms with van der Waals surface area (Å²) < 4.78 is 15.2. The summed E-state index contributed by atoms with van der Waals surface area (Å²) in [6, 6.07) is 0. The third-order valence-corrected chi connectivity index (χ3v) is 3.47. The standard InChI is InChI=1S/C9H15BO5/c1-13-8-6(12)7(15-10)9(2-3-9)5(4-11)14-8/h5-8,11-12H,2-4H2,1H3. The van der Waals surface area contributed by atoms with Crippen molar-refractivity contribution in [3.63, 3.8) is 0 Å². The number of aliphatic hydroxyl groups excluding tert-OH is 2. The molecule has 0 amide bonds. The minimum absolute atomic E-state index is 0.119. The Labute approximate surface area is 89.8 Å². The molecule has 4 unspecified atom stereocenters. The Hall–Kier alpha value is -0.135. The number of rotatable bonds is 3. The van der Waals surface area contributed by atoms with Gasteiger partial charge in [-0.15, -0.1) is 0 Å². The van der Waals surface area contributed by atoms with Crippen LogP contribution in [0.2, 0.25) is 0 Å². The van der Waals surface area contributed by atoms with Gasteiger partial charge in [0, 0.05) is 12.5 Å². The van der Waals surface area contributed by atoms with Crippen molar-refractivity contribution in [3.05, 3.63) is 0 Å². The molecule has 0 aromatic heterocycles. The van der Waals surface area contributed by atoms with Crippen molar-refractivity contribution < 1.29 is 24.3 Å². The van der Waals surface area contributed by atoms with E-state index in [0.29, 0.717) is 0 Å². The Morgan fingerprint density at radius 3 is 2.60 bits per heavy atom. The van der Waals surface area contributed by atoms with Crippen molar-refractivity contribution in [1.29, 1.82) is 0 Å². The highest BCUT2D eigenvalue weighted by Crippen LogP contribution is 2.57. The largest absolute Gasteiger partial charge is 0.442 e. The van der Waals surface area contributed by atoms with Crippen LogP contribution in [0.15, 0.2) is 0 Å². The van der Waals surface area contributed by atoms with E-state index in [1.807, 2.05) is 0 Å². The lowest BCUT2D eigenvalue weighted by molar-refractivity contribution is -0.285. The third kappa shape index (κ3) is 1.61. The van der Waals surface area contributed by atoms with Gasteiger partial charge in [-0.3, -0.25) is 0 Å². The van der Waals surface area contributed by atoms with Crippen molar-refractivity contribution in [1.82, 2.24) is 0 Å². The van der Waals surface area contributed by atoms with E-state index in [2.05, 4.69) is 0 Å². The van der Waals surface area contributed by atoms with Gasteiger partial charge in [-0.2, -0.15) is 0 Å². The number of methoxy groups -OCH3 is 1. The van der Waals surface area contributed by atoms with E-state index in [1.165, 1.54) is 7.11 Å². The molecule has 2 N–H and O–H groups in total. The van der Waals surface area contributed by atoms with E-state index in [0.717, 1.165) is 12.8 Å². The Bertz CT molecular complexity index is 233. The second kappa shape index (κ2) is 4.03. The highest BCUT2D eigenvalue weighted by atomic mass is 16.7. The molecule has 0 aromatic rings. The minimum atomic E-state index is -0.912. The lowest BCUT2D eigenvalue weighted by Gasteiger charge is -2.44. The summed E-state index contributed by atoms with van der Waals surface area (Å²) in [5, 5.41) is 19.1. The molecule has 1 aliphatic carbocycles. The molecule has 2 radical (unpaired) electrons. The summed E-state index contributed by atoms with van der Waals surface area (Å²) in [7, 11) is 6.62. The van der Waals surface area contributed by atoms with E-state index >= 15 is 0 Å². The Balaban J connectivity index is 2.18. The van der Waals surface area contributed by atoms with E-state index in [1.54, 1.807) is 0 Å². The minimum Gasteiger partial charge on any atom is -0.442 e. The molecule has 5 nitrogen and oxygen atoms in total. The molecule has 6 heteroatoms. The molecule has 15 heavy (non-hydrogen) atoms. The molecular formula is C9H15BO5. The molecule has 4 atom stereocenters. The molecule has 1 saturated carbocycles.